The minimum absolute atomic E-state index is 0. The van der Waals surface area contributed by atoms with E-state index >= 15 is 0 Å². The Morgan fingerprint density at radius 2 is 2.09 bits per heavy atom. The zero-order valence-electron chi connectivity index (χ0n) is 17.8. The van der Waals surface area contributed by atoms with Gasteiger partial charge in [0.05, 0.1) is 20.5 Å². The zero-order valence-corrected chi connectivity index (χ0v) is 19.3. The van der Waals surface area contributed by atoms with Crippen molar-refractivity contribution in [1.29, 1.82) is 0 Å². The molecule has 13 nitrogen and oxygen atoms in total. The number of nitrogen functional groups attached to an aromatic ring is 1. The summed E-state index contributed by atoms with van der Waals surface area (Å²) in [4.78, 5) is 46.1. The topological polar surface area (TPSA) is 181 Å². The SMILES string of the molecule is COC1=C(OC)C(CCn2cnc3c(N)ncnc32)(S[CH+]C(NC(C)=O)C(=O)O)OC1=O.[Cl-]. The Bertz CT molecular complexity index is 1090. The number of nitrogens with zero attached hydrogens (tertiary/aromatic N) is 4. The van der Waals surface area contributed by atoms with E-state index in [-0.39, 0.29) is 42.7 Å². The summed E-state index contributed by atoms with van der Waals surface area (Å²) in [5.41, 5.74) is 6.71. The number of aromatic nitrogens is 4. The van der Waals surface area contributed by atoms with Crippen molar-refractivity contribution < 1.29 is 46.1 Å². The number of anilines is 1. The van der Waals surface area contributed by atoms with Gasteiger partial charge >= 0.3 is 11.9 Å². The fraction of sp³-hybridized carbons (Fsp3) is 0.389. The van der Waals surface area contributed by atoms with Crippen LogP contribution in [0.1, 0.15) is 13.3 Å². The van der Waals surface area contributed by atoms with Crippen molar-refractivity contribution in [2.75, 3.05) is 20.0 Å². The third kappa shape index (κ3) is 5.17. The number of nitrogens with one attached hydrogen (secondary N) is 1. The van der Waals surface area contributed by atoms with Crippen molar-refractivity contribution >= 4 is 46.6 Å². The van der Waals surface area contributed by atoms with Gasteiger partial charge in [-0.25, -0.2) is 24.5 Å². The molecule has 3 rings (SSSR count). The van der Waals surface area contributed by atoms with Gasteiger partial charge in [-0.1, -0.05) is 0 Å². The van der Waals surface area contributed by atoms with Crippen molar-refractivity contribution in [2.45, 2.75) is 30.9 Å². The molecule has 178 valence electrons. The number of carbonyl (C=O) groups is 3. The van der Waals surface area contributed by atoms with Crippen LogP contribution in [0.4, 0.5) is 5.82 Å². The smallest absolute Gasteiger partial charge is 0.379 e. The Morgan fingerprint density at radius 3 is 2.70 bits per heavy atom. The summed E-state index contributed by atoms with van der Waals surface area (Å²) in [6.07, 6.45) is 2.94. The van der Waals surface area contributed by atoms with Crippen molar-refractivity contribution in [1.82, 2.24) is 24.8 Å². The number of aliphatic carboxylic acids is 1. The maximum atomic E-state index is 12.4. The lowest BCUT2D eigenvalue weighted by Gasteiger charge is -2.25. The second kappa shape index (κ2) is 10.5. The van der Waals surface area contributed by atoms with Crippen molar-refractivity contribution in [3.05, 3.63) is 29.9 Å². The van der Waals surface area contributed by atoms with Crippen LogP contribution < -0.4 is 23.5 Å². The van der Waals surface area contributed by atoms with E-state index < -0.39 is 28.8 Å². The Labute approximate surface area is 198 Å². The number of amides is 1. The van der Waals surface area contributed by atoms with Gasteiger partial charge < -0.3 is 47.3 Å². The standard InChI is InChI=1S/C18H20N6O7S.ClH/c1-9(25)23-10(16(26)27)6-32-18(13(30-3)12(29-2)17(28)31-18)4-5-24-8-22-11-14(19)20-7-21-15(11)24;/h6-8,10H,4-5H2,1-3H3,(H3-,19,20,21,23,25,26,27);1H. The number of hydrogen-bond acceptors (Lipinski definition) is 11. The molecule has 0 fully saturated rings. The number of carboxylic acids is 1. The predicted octanol–water partition coefficient (Wildman–Crippen LogP) is -2.96. The van der Waals surface area contributed by atoms with Gasteiger partial charge in [-0.15, -0.1) is 0 Å². The molecule has 4 N–H and O–H groups in total. The molecule has 1 aliphatic rings. The number of esters is 1. The largest absolute Gasteiger partial charge is 1.00 e. The van der Waals surface area contributed by atoms with Crippen molar-refractivity contribution in [3.63, 3.8) is 0 Å². The molecule has 1 aliphatic heterocycles. The molecule has 0 aliphatic carbocycles. The second-order valence-corrected chi connectivity index (χ2v) is 7.77. The third-order valence-corrected chi connectivity index (χ3v) is 5.80. The molecule has 2 aromatic rings. The highest BCUT2D eigenvalue weighted by Crippen LogP contribution is 2.47. The van der Waals surface area contributed by atoms with E-state index in [4.69, 9.17) is 19.9 Å². The highest BCUT2D eigenvalue weighted by atomic mass is 35.5. The van der Waals surface area contributed by atoms with Gasteiger partial charge in [-0.3, -0.25) is 4.79 Å². The fourth-order valence-electron chi connectivity index (χ4n) is 3.11. The number of aryl methyl sites for hydroxylation is 1. The van der Waals surface area contributed by atoms with E-state index in [9.17, 15) is 19.5 Å². The molecule has 2 atom stereocenters. The number of carbonyl (C=O) groups excluding carboxylic acids is 2. The van der Waals surface area contributed by atoms with E-state index in [2.05, 4.69) is 20.3 Å². The molecule has 1 amide bonds. The monoisotopic (exact) mass is 500 g/mol. The molecular formula is C18H21ClN6O7S. The van der Waals surface area contributed by atoms with Crippen molar-refractivity contribution in [2.24, 2.45) is 0 Å². The van der Waals surface area contributed by atoms with Gasteiger partial charge in [-0.05, 0) is 0 Å². The van der Waals surface area contributed by atoms with E-state index in [1.54, 1.807) is 4.57 Å². The summed E-state index contributed by atoms with van der Waals surface area (Å²) in [6.45, 7) is 1.43. The average molecular weight is 501 g/mol. The molecule has 15 heteroatoms. The number of ether oxygens (including phenoxy) is 3. The number of rotatable bonds is 10. The van der Waals surface area contributed by atoms with Gasteiger partial charge in [-0.2, -0.15) is 0 Å². The Kier molecular flexibility index (Phi) is 8.22. The maximum Gasteiger partial charge on any atom is 0.379 e. The van der Waals surface area contributed by atoms with E-state index in [1.165, 1.54) is 39.6 Å². The van der Waals surface area contributed by atoms with Crippen LogP contribution in [0.2, 0.25) is 0 Å². The minimum Gasteiger partial charge on any atom is -1.00 e. The fourth-order valence-corrected chi connectivity index (χ4v) is 4.27. The highest BCUT2D eigenvalue weighted by molar-refractivity contribution is 8.02. The van der Waals surface area contributed by atoms with Gasteiger partial charge in [0.1, 0.15) is 23.6 Å². The number of carboxylic acid groups (broad SMARTS) is 1. The van der Waals surface area contributed by atoms with Crippen LogP contribution in [0, 0.1) is 5.75 Å². The van der Waals surface area contributed by atoms with Gasteiger partial charge in [0.15, 0.2) is 17.2 Å². The first-order chi connectivity index (χ1) is 15.2. The minimum atomic E-state index is -1.46. The number of hydrogen-bond donors (Lipinski definition) is 3. The molecule has 0 saturated heterocycles. The molecule has 0 spiro atoms. The summed E-state index contributed by atoms with van der Waals surface area (Å²) >= 11 is 0.878. The van der Waals surface area contributed by atoms with Gasteiger partial charge in [0.2, 0.25) is 17.4 Å². The third-order valence-electron chi connectivity index (χ3n) is 4.53. The van der Waals surface area contributed by atoms with Crippen LogP contribution in [0.5, 0.6) is 0 Å². The normalized spacial score (nSPS) is 18.3. The molecule has 0 bridgehead atoms. The predicted molar refractivity (Wildman–Crippen MR) is 111 cm³/mol. The lowest BCUT2D eigenvalue weighted by atomic mass is 10.2. The van der Waals surface area contributed by atoms with Crippen LogP contribution in [-0.4, -0.2) is 67.7 Å². The van der Waals surface area contributed by atoms with E-state index in [1.807, 2.05) is 0 Å². The molecule has 3 heterocycles. The first-order valence-corrected chi connectivity index (χ1v) is 10.1. The number of methoxy groups -OCH3 is 2. The number of halogens is 1. The molecule has 2 aromatic heterocycles. The van der Waals surface area contributed by atoms with Crippen LogP contribution in [0.3, 0.4) is 0 Å². The van der Waals surface area contributed by atoms with Crippen LogP contribution >= 0.6 is 11.8 Å². The summed E-state index contributed by atoms with van der Waals surface area (Å²) in [7, 11) is 2.63. The van der Waals surface area contributed by atoms with Crippen molar-refractivity contribution in [3.8, 4) is 0 Å². The first kappa shape index (κ1) is 25.9. The molecule has 33 heavy (non-hydrogen) atoms. The quantitative estimate of drug-likeness (QED) is 0.223. The summed E-state index contributed by atoms with van der Waals surface area (Å²) in [6, 6.07) is -1.33. The van der Waals surface area contributed by atoms with Crippen LogP contribution in [0.15, 0.2) is 24.2 Å². The van der Waals surface area contributed by atoms with Crippen LogP contribution in [-0.2, 0) is 35.1 Å². The molecular weight excluding hydrogens is 480 g/mol. The maximum absolute atomic E-state index is 12.4. The molecule has 0 radical (unpaired) electrons. The number of fused-ring (bicyclic) bond motifs is 1. The molecule has 0 saturated carbocycles. The first-order valence-electron chi connectivity index (χ1n) is 9.21. The number of imidazole rings is 1. The number of nitrogens with two attached hydrogens (primary N) is 1. The van der Waals surface area contributed by atoms with Crippen LogP contribution in [0.25, 0.3) is 11.2 Å². The average Bonchev–Trinajstić information content (AvgIpc) is 3.28. The highest BCUT2D eigenvalue weighted by Gasteiger charge is 2.55. The number of thioether (sulfide) groups is 1. The Hall–Kier alpha value is -3.39. The zero-order chi connectivity index (χ0) is 23.5. The summed E-state index contributed by atoms with van der Waals surface area (Å²) < 4.78 is 17.8. The second-order valence-electron chi connectivity index (χ2n) is 6.60. The van der Waals surface area contributed by atoms with E-state index in [0.29, 0.717) is 11.2 Å². The molecule has 0 aromatic carbocycles. The van der Waals surface area contributed by atoms with E-state index in [0.717, 1.165) is 11.8 Å². The summed E-state index contributed by atoms with van der Waals surface area (Å²) in [5.74, 6) is -1.17. The number of cyclic esters (lactones) is 1. The molecule has 2 unspecified atom stereocenters. The summed E-state index contributed by atoms with van der Waals surface area (Å²) in [5, 5.41) is 11.7. The van der Waals surface area contributed by atoms with Gasteiger partial charge in [0, 0.05) is 19.9 Å². The Balaban J connectivity index is 0.00000385. The Morgan fingerprint density at radius 1 is 1.36 bits per heavy atom. The lowest BCUT2D eigenvalue weighted by molar-refractivity contribution is -0.145. The lowest BCUT2D eigenvalue weighted by Crippen LogP contribution is -3.00. The van der Waals surface area contributed by atoms with Gasteiger partial charge in [0.25, 0.3) is 11.0 Å².